The minimum absolute atomic E-state index is 0.356. The highest BCUT2D eigenvalue weighted by Crippen LogP contribution is 2.25. The molecule has 4 rings (SSSR count). The van der Waals surface area contributed by atoms with Crippen LogP contribution in [0.2, 0.25) is 0 Å². The van der Waals surface area contributed by atoms with Gasteiger partial charge in [-0.2, -0.15) is 0 Å². The number of para-hydroxylation sites is 1. The van der Waals surface area contributed by atoms with Gasteiger partial charge in [-0.1, -0.05) is 30.3 Å². The first-order valence-electron chi connectivity index (χ1n) is 9.61. The van der Waals surface area contributed by atoms with Crippen molar-refractivity contribution in [2.75, 3.05) is 19.6 Å². The van der Waals surface area contributed by atoms with E-state index in [0.29, 0.717) is 11.9 Å². The van der Waals surface area contributed by atoms with E-state index in [0.717, 1.165) is 63.4 Å². The predicted molar refractivity (Wildman–Crippen MR) is 102 cm³/mol. The van der Waals surface area contributed by atoms with Crippen molar-refractivity contribution >= 4 is 5.91 Å². The Morgan fingerprint density at radius 1 is 0.923 bits per heavy atom. The molecule has 0 aromatic heterocycles. The summed E-state index contributed by atoms with van der Waals surface area (Å²) in [5.41, 5.74) is 1.27. The fourth-order valence-electron chi connectivity index (χ4n) is 4.03. The lowest BCUT2D eigenvalue weighted by Gasteiger charge is -2.36. The molecule has 2 aliphatic rings. The van der Waals surface area contributed by atoms with E-state index < -0.39 is 0 Å². The van der Waals surface area contributed by atoms with E-state index in [1.165, 1.54) is 5.56 Å². The molecule has 2 aliphatic heterocycles. The summed E-state index contributed by atoms with van der Waals surface area (Å²) in [5.74, 6) is 2.10. The summed E-state index contributed by atoms with van der Waals surface area (Å²) < 4.78 is 5.94. The zero-order chi connectivity index (χ0) is 17.8. The van der Waals surface area contributed by atoms with Gasteiger partial charge in [0.1, 0.15) is 11.5 Å². The van der Waals surface area contributed by atoms with Gasteiger partial charge < -0.3 is 9.64 Å². The van der Waals surface area contributed by atoms with E-state index >= 15 is 0 Å². The zero-order valence-electron chi connectivity index (χ0n) is 15.1. The molecule has 0 N–H and O–H groups in total. The van der Waals surface area contributed by atoms with E-state index in [4.69, 9.17) is 4.74 Å². The second kappa shape index (κ2) is 7.92. The van der Waals surface area contributed by atoms with E-state index in [2.05, 4.69) is 28.0 Å². The van der Waals surface area contributed by atoms with Gasteiger partial charge in [-0.3, -0.25) is 9.69 Å². The largest absolute Gasteiger partial charge is 0.457 e. The number of benzene rings is 2. The van der Waals surface area contributed by atoms with E-state index in [-0.39, 0.29) is 0 Å². The third kappa shape index (κ3) is 4.07. The molecule has 4 nitrogen and oxygen atoms in total. The summed E-state index contributed by atoms with van der Waals surface area (Å²) in [4.78, 5) is 16.5. The maximum absolute atomic E-state index is 11.9. The number of piperidine rings is 1. The molecule has 0 spiro atoms. The molecule has 2 aromatic carbocycles. The van der Waals surface area contributed by atoms with Crippen molar-refractivity contribution in [2.45, 2.75) is 38.3 Å². The second-order valence-corrected chi connectivity index (χ2v) is 7.26. The predicted octanol–water partition coefficient (Wildman–Crippen LogP) is 4.07. The number of rotatable bonds is 5. The Labute approximate surface area is 155 Å². The maximum Gasteiger partial charge on any atom is 0.222 e. The molecule has 0 atom stereocenters. The summed E-state index contributed by atoms with van der Waals surface area (Å²) in [6, 6.07) is 18.7. The molecule has 26 heavy (non-hydrogen) atoms. The summed E-state index contributed by atoms with van der Waals surface area (Å²) >= 11 is 0. The first kappa shape index (κ1) is 17.1. The topological polar surface area (TPSA) is 32.8 Å². The molecule has 2 heterocycles. The number of amides is 1. The molecule has 0 unspecified atom stereocenters. The summed E-state index contributed by atoms with van der Waals surface area (Å²) in [7, 11) is 0. The van der Waals surface area contributed by atoms with Gasteiger partial charge in [-0.05, 0) is 49.1 Å². The Morgan fingerprint density at radius 3 is 2.42 bits per heavy atom. The summed E-state index contributed by atoms with van der Waals surface area (Å²) in [6.07, 6.45) is 3.96. The average Bonchev–Trinajstić information content (AvgIpc) is 3.10. The highest BCUT2D eigenvalue weighted by atomic mass is 16.5. The number of hydrogen-bond acceptors (Lipinski definition) is 3. The molecule has 1 amide bonds. The van der Waals surface area contributed by atoms with Crippen molar-refractivity contribution in [1.82, 2.24) is 9.80 Å². The van der Waals surface area contributed by atoms with Crippen LogP contribution in [-0.2, 0) is 11.3 Å². The molecule has 0 saturated carbocycles. The number of nitrogens with zero attached hydrogens (tertiary/aromatic N) is 2. The van der Waals surface area contributed by atoms with Crippen molar-refractivity contribution in [2.24, 2.45) is 0 Å². The fraction of sp³-hybridized carbons (Fsp3) is 0.409. The monoisotopic (exact) mass is 350 g/mol. The Hall–Kier alpha value is -2.33. The molecule has 2 saturated heterocycles. The minimum atomic E-state index is 0.356. The number of carbonyl (C=O) groups is 1. The van der Waals surface area contributed by atoms with Crippen molar-refractivity contribution in [3.8, 4) is 11.5 Å². The van der Waals surface area contributed by atoms with Gasteiger partial charge in [-0.25, -0.2) is 0 Å². The molecular weight excluding hydrogens is 324 g/mol. The van der Waals surface area contributed by atoms with Crippen LogP contribution in [0.4, 0.5) is 0 Å². The summed E-state index contributed by atoms with van der Waals surface area (Å²) in [5, 5.41) is 0. The number of ether oxygens (including phenoxy) is 1. The molecule has 2 fully saturated rings. The van der Waals surface area contributed by atoms with Crippen molar-refractivity contribution < 1.29 is 9.53 Å². The van der Waals surface area contributed by atoms with Crippen LogP contribution >= 0.6 is 0 Å². The Morgan fingerprint density at radius 2 is 1.69 bits per heavy atom. The molecule has 0 radical (unpaired) electrons. The van der Waals surface area contributed by atoms with Crippen LogP contribution < -0.4 is 4.74 Å². The fourth-order valence-corrected chi connectivity index (χ4v) is 4.03. The smallest absolute Gasteiger partial charge is 0.222 e. The van der Waals surface area contributed by atoms with Crippen molar-refractivity contribution in [3.05, 3.63) is 60.2 Å². The molecule has 136 valence electrons. The molecule has 0 aliphatic carbocycles. The Bertz CT molecular complexity index is 739. The SMILES string of the molecule is O=C1CCCN1C1CCN(Cc2cccc(Oc3ccccc3)c2)CC1. The van der Waals surface area contributed by atoms with Gasteiger partial charge in [-0.15, -0.1) is 0 Å². The van der Waals surface area contributed by atoms with Crippen LogP contribution in [0.1, 0.15) is 31.2 Å². The molecule has 2 aromatic rings. The quantitative estimate of drug-likeness (QED) is 0.815. The average molecular weight is 350 g/mol. The van der Waals surface area contributed by atoms with E-state index in [9.17, 15) is 4.79 Å². The van der Waals surface area contributed by atoms with Crippen LogP contribution in [0.5, 0.6) is 11.5 Å². The van der Waals surface area contributed by atoms with Gasteiger partial charge in [0.2, 0.25) is 5.91 Å². The summed E-state index contributed by atoms with van der Waals surface area (Å²) in [6.45, 7) is 4.01. The van der Waals surface area contributed by atoms with Gasteiger partial charge in [0.25, 0.3) is 0 Å². The molecule has 0 bridgehead atoms. The lowest BCUT2D eigenvalue weighted by molar-refractivity contribution is -0.130. The lowest BCUT2D eigenvalue weighted by atomic mass is 10.0. The second-order valence-electron chi connectivity index (χ2n) is 7.26. The number of carbonyl (C=O) groups excluding carboxylic acids is 1. The van der Waals surface area contributed by atoms with Crippen molar-refractivity contribution in [3.63, 3.8) is 0 Å². The van der Waals surface area contributed by atoms with Crippen LogP contribution in [0.3, 0.4) is 0 Å². The van der Waals surface area contributed by atoms with Gasteiger partial charge in [0.05, 0.1) is 0 Å². The lowest BCUT2D eigenvalue weighted by Crippen LogP contribution is -2.45. The van der Waals surface area contributed by atoms with Gasteiger partial charge in [0.15, 0.2) is 0 Å². The third-order valence-corrected chi connectivity index (χ3v) is 5.39. The minimum Gasteiger partial charge on any atom is -0.457 e. The van der Waals surface area contributed by atoms with Gasteiger partial charge in [0, 0.05) is 38.6 Å². The first-order valence-corrected chi connectivity index (χ1v) is 9.61. The van der Waals surface area contributed by atoms with E-state index in [1.807, 2.05) is 36.4 Å². The highest BCUT2D eigenvalue weighted by Gasteiger charge is 2.30. The standard InChI is InChI=1S/C22H26N2O2/c25-22-10-5-13-24(22)19-11-14-23(15-12-19)17-18-6-4-9-21(16-18)26-20-7-2-1-3-8-20/h1-4,6-9,16,19H,5,10-15,17H2. The van der Waals surface area contributed by atoms with Crippen LogP contribution in [-0.4, -0.2) is 41.4 Å². The molecule has 4 heteroatoms. The van der Waals surface area contributed by atoms with Crippen LogP contribution in [0.25, 0.3) is 0 Å². The van der Waals surface area contributed by atoms with Crippen LogP contribution in [0.15, 0.2) is 54.6 Å². The normalized spacial score (nSPS) is 19.1. The third-order valence-electron chi connectivity index (χ3n) is 5.39. The number of likely N-dealkylation sites (tertiary alicyclic amines) is 2. The van der Waals surface area contributed by atoms with Crippen LogP contribution in [0, 0.1) is 0 Å². The molecular formula is C22H26N2O2. The first-order chi connectivity index (χ1) is 12.8. The Kier molecular flexibility index (Phi) is 5.21. The maximum atomic E-state index is 11.9. The number of hydrogen-bond donors (Lipinski definition) is 0. The highest BCUT2D eigenvalue weighted by molar-refractivity contribution is 5.78. The van der Waals surface area contributed by atoms with Gasteiger partial charge >= 0.3 is 0 Å². The van der Waals surface area contributed by atoms with Crippen molar-refractivity contribution in [1.29, 1.82) is 0 Å². The van der Waals surface area contributed by atoms with E-state index in [1.54, 1.807) is 0 Å². The zero-order valence-corrected chi connectivity index (χ0v) is 15.1. The Balaban J connectivity index is 1.32.